The van der Waals surface area contributed by atoms with Crippen LogP contribution in [-0.4, -0.2) is 10.1 Å². The fourth-order valence-electron chi connectivity index (χ4n) is 0.964. The van der Waals surface area contributed by atoms with E-state index in [4.69, 9.17) is 0 Å². The summed E-state index contributed by atoms with van der Waals surface area (Å²) in [6, 6.07) is 3.79. The van der Waals surface area contributed by atoms with E-state index in [0.29, 0.717) is 5.69 Å². The first kappa shape index (κ1) is 9.20. The number of hydrogen-bond acceptors (Lipinski definition) is 2. The molecule has 0 aliphatic rings. The summed E-state index contributed by atoms with van der Waals surface area (Å²) >= 11 is 0. The van der Waals surface area contributed by atoms with Gasteiger partial charge in [-0.3, -0.25) is 4.98 Å². The molecule has 1 aromatic heterocycles. The molecule has 1 rings (SSSR count). The van der Waals surface area contributed by atoms with Gasteiger partial charge in [0.2, 0.25) is 0 Å². The average molecular weight is 164 g/mol. The third-order valence-corrected chi connectivity index (χ3v) is 1.74. The SMILES string of the molecule is [CH2]Cc1ccnc(C(C)(C)O)c1. The van der Waals surface area contributed by atoms with Gasteiger partial charge in [0.25, 0.3) is 0 Å². The lowest BCUT2D eigenvalue weighted by atomic mass is 10.0. The van der Waals surface area contributed by atoms with Crippen molar-refractivity contribution in [1.29, 1.82) is 0 Å². The second kappa shape index (κ2) is 3.23. The van der Waals surface area contributed by atoms with Gasteiger partial charge in [-0.15, -0.1) is 0 Å². The number of pyridine rings is 1. The number of hydrogen-bond donors (Lipinski definition) is 1. The maximum Gasteiger partial charge on any atom is 0.101 e. The van der Waals surface area contributed by atoms with Crippen LogP contribution in [0.3, 0.4) is 0 Å². The van der Waals surface area contributed by atoms with Gasteiger partial charge in [0.15, 0.2) is 0 Å². The standard InChI is InChI=1S/C10H14NO/c1-4-8-5-6-11-9(7-8)10(2,3)12/h5-7,12H,1,4H2,2-3H3. The van der Waals surface area contributed by atoms with Crippen LogP contribution in [0.1, 0.15) is 25.1 Å². The Kier molecular flexibility index (Phi) is 2.48. The molecular formula is C10H14NO. The summed E-state index contributed by atoms with van der Waals surface area (Å²) in [5.74, 6) is 0. The molecule has 0 saturated heterocycles. The molecular weight excluding hydrogens is 150 g/mol. The van der Waals surface area contributed by atoms with Crippen LogP contribution in [0, 0.1) is 6.92 Å². The van der Waals surface area contributed by atoms with E-state index >= 15 is 0 Å². The van der Waals surface area contributed by atoms with E-state index in [1.807, 2.05) is 12.1 Å². The Morgan fingerprint density at radius 2 is 2.25 bits per heavy atom. The summed E-state index contributed by atoms with van der Waals surface area (Å²) in [5.41, 5.74) is 0.941. The molecule has 0 amide bonds. The van der Waals surface area contributed by atoms with Gasteiger partial charge in [-0.2, -0.15) is 0 Å². The van der Waals surface area contributed by atoms with Crippen LogP contribution < -0.4 is 0 Å². The van der Waals surface area contributed by atoms with Crippen molar-refractivity contribution in [3.8, 4) is 0 Å². The summed E-state index contributed by atoms with van der Waals surface area (Å²) < 4.78 is 0. The van der Waals surface area contributed by atoms with Crippen molar-refractivity contribution in [2.75, 3.05) is 0 Å². The van der Waals surface area contributed by atoms with E-state index in [0.717, 1.165) is 12.0 Å². The van der Waals surface area contributed by atoms with Crippen molar-refractivity contribution in [3.05, 3.63) is 36.5 Å². The lowest BCUT2D eigenvalue weighted by Gasteiger charge is -2.16. The summed E-state index contributed by atoms with van der Waals surface area (Å²) in [5, 5.41) is 9.63. The van der Waals surface area contributed by atoms with Gasteiger partial charge in [-0.25, -0.2) is 0 Å². The fraction of sp³-hybridized carbons (Fsp3) is 0.400. The molecule has 0 saturated carbocycles. The summed E-state index contributed by atoms with van der Waals surface area (Å²) in [6.45, 7) is 7.22. The van der Waals surface area contributed by atoms with Crippen LogP contribution in [0.4, 0.5) is 0 Å². The van der Waals surface area contributed by atoms with Gasteiger partial charge < -0.3 is 5.11 Å². The molecule has 0 spiro atoms. The highest BCUT2D eigenvalue weighted by atomic mass is 16.3. The minimum absolute atomic E-state index is 0.698. The van der Waals surface area contributed by atoms with Crippen LogP contribution in [0.2, 0.25) is 0 Å². The fourth-order valence-corrected chi connectivity index (χ4v) is 0.964. The first-order valence-corrected chi connectivity index (χ1v) is 4.01. The van der Waals surface area contributed by atoms with E-state index in [9.17, 15) is 5.11 Å². The molecule has 0 fully saturated rings. The highest BCUT2D eigenvalue weighted by Crippen LogP contribution is 2.17. The molecule has 65 valence electrons. The predicted molar refractivity (Wildman–Crippen MR) is 48.5 cm³/mol. The zero-order valence-corrected chi connectivity index (χ0v) is 7.54. The van der Waals surface area contributed by atoms with Gasteiger partial charge in [0.05, 0.1) is 5.69 Å². The van der Waals surface area contributed by atoms with Crippen LogP contribution >= 0.6 is 0 Å². The van der Waals surface area contributed by atoms with Crippen LogP contribution in [0.5, 0.6) is 0 Å². The van der Waals surface area contributed by atoms with E-state index in [1.165, 1.54) is 0 Å². The molecule has 2 nitrogen and oxygen atoms in total. The summed E-state index contributed by atoms with van der Waals surface area (Å²) in [4.78, 5) is 4.08. The Hall–Kier alpha value is -0.890. The van der Waals surface area contributed by atoms with Crippen molar-refractivity contribution in [2.24, 2.45) is 0 Å². The number of aliphatic hydroxyl groups is 1. The Bertz CT molecular complexity index is 263. The summed E-state index contributed by atoms with van der Waals surface area (Å²) in [7, 11) is 0. The second-order valence-corrected chi connectivity index (χ2v) is 3.36. The van der Waals surface area contributed by atoms with Gasteiger partial charge in [0, 0.05) is 6.20 Å². The lowest BCUT2D eigenvalue weighted by molar-refractivity contribution is 0.0738. The molecule has 0 atom stereocenters. The van der Waals surface area contributed by atoms with Crippen molar-refractivity contribution in [1.82, 2.24) is 4.98 Å². The molecule has 0 aliphatic carbocycles. The smallest absolute Gasteiger partial charge is 0.101 e. The topological polar surface area (TPSA) is 33.1 Å². The first-order chi connectivity index (χ1) is 5.54. The zero-order valence-electron chi connectivity index (χ0n) is 7.54. The monoisotopic (exact) mass is 164 g/mol. The van der Waals surface area contributed by atoms with Gasteiger partial charge in [-0.05, 0) is 44.9 Å². The van der Waals surface area contributed by atoms with Crippen LogP contribution in [0.25, 0.3) is 0 Å². The minimum atomic E-state index is -0.856. The van der Waals surface area contributed by atoms with Gasteiger partial charge in [0.1, 0.15) is 5.60 Å². The zero-order chi connectivity index (χ0) is 9.19. The van der Waals surface area contributed by atoms with E-state index in [-0.39, 0.29) is 0 Å². The molecule has 1 aromatic rings. The molecule has 0 aliphatic heterocycles. The Morgan fingerprint density at radius 1 is 1.58 bits per heavy atom. The third-order valence-electron chi connectivity index (χ3n) is 1.74. The van der Waals surface area contributed by atoms with Crippen molar-refractivity contribution in [3.63, 3.8) is 0 Å². The average Bonchev–Trinajstić information content (AvgIpc) is 2.03. The van der Waals surface area contributed by atoms with Gasteiger partial charge >= 0.3 is 0 Å². The normalized spacial score (nSPS) is 11.7. The van der Waals surface area contributed by atoms with E-state index in [1.54, 1.807) is 20.0 Å². The van der Waals surface area contributed by atoms with Crippen molar-refractivity contribution >= 4 is 0 Å². The highest BCUT2D eigenvalue weighted by molar-refractivity contribution is 5.20. The van der Waals surface area contributed by atoms with E-state index < -0.39 is 5.60 Å². The predicted octanol–water partition coefficient (Wildman–Crippen LogP) is 1.69. The quantitative estimate of drug-likeness (QED) is 0.721. The second-order valence-electron chi connectivity index (χ2n) is 3.36. The number of aromatic nitrogens is 1. The van der Waals surface area contributed by atoms with Crippen LogP contribution in [0.15, 0.2) is 18.3 Å². The number of rotatable bonds is 2. The largest absolute Gasteiger partial charge is 0.384 e. The van der Waals surface area contributed by atoms with Gasteiger partial charge in [-0.1, -0.05) is 0 Å². The lowest BCUT2D eigenvalue weighted by Crippen LogP contribution is -2.17. The molecule has 1 heterocycles. The van der Waals surface area contributed by atoms with E-state index in [2.05, 4.69) is 11.9 Å². The molecule has 1 radical (unpaired) electrons. The maximum absolute atomic E-state index is 9.63. The Labute approximate surface area is 73.3 Å². The van der Waals surface area contributed by atoms with Crippen molar-refractivity contribution in [2.45, 2.75) is 25.9 Å². The Balaban J connectivity index is 3.02. The highest BCUT2D eigenvalue weighted by Gasteiger charge is 2.17. The molecule has 0 unspecified atom stereocenters. The molecule has 12 heavy (non-hydrogen) atoms. The molecule has 0 aromatic carbocycles. The molecule has 1 N–H and O–H groups in total. The van der Waals surface area contributed by atoms with Crippen LogP contribution in [-0.2, 0) is 12.0 Å². The minimum Gasteiger partial charge on any atom is -0.384 e. The molecule has 0 bridgehead atoms. The van der Waals surface area contributed by atoms with Crippen molar-refractivity contribution < 1.29 is 5.11 Å². The third kappa shape index (κ3) is 2.05. The maximum atomic E-state index is 9.63. The summed E-state index contributed by atoms with van der Waals surface area (Å²) in [6.07, 6.45) is 2.43. The first-order valence-electron chi connectivity index (χ1n) is 4.01. The Morgan fingerprint density at radius 3 is 2.75 bits per heavy atom. The molecule has 2 heteroatoms. The number of nitrogens with zero attached hydrogens (tertiary/aromatic N) is 1.